The number of aryl methyl sites for hydroxylation is 1. The number of aromatic nitrogens is 2. The molecule has 0 aliphatic carbocycles. The highest BCUT2D eigenvalue weighted by Crippen LogP contribution is 2.34. The molecule has 6 rings (SSSR count). The Morgan fingerprint density at radius 1 is 0.892 bits per heavy atom. The fourth-order valence-electron chi connectivity index (χ4n) is 4.86. The van der Waals surface area contributed by atoms with Crippen molar-refractivity contribution in [3.8, 4) is 11.1 Å². The van der Waals surface area contributed by atoms with E-state index in [0.29, 0.717) is 30.0 Å². The van der Waals surface area contributed by atoms with Gasteiger partial charge in [0.25, 0.3) is 0 Å². The number of para-hydroxylation sites is 1. The number of sulfonamides is 1. The third kappa shape index (κ3) is 4.48. The van der Waals surface area contributed by atoms with Crippen molar-refractivity contribution in [1.82, 2.24) is 14.3 Å². The summed E-state index contributed by atoms with van der Waals surface area (Å²) >= 11 is 0. The first kappa shape index (κ1) is 23.3. The second-order valence-electron chi connectivity index (χ2n) is 9.29. The molecule has 1 N–H and O–H groups in total. The molecule has 0 amide bonds. The van der Waals surface area contributed by atoms with E-state index in [1.807, 2.05) is 79.7 Å². The molecular formula is C30H26N4O2S. The van der Waals surface area contributed by atoms with Crippen molar-refractivity contribution in [1.29, 1.82) is 0 Å². The van der Waals surface area contributed by atoms with Gasteiger partial charge in [0.05, 0.1) is 22.3 Å². The Hall–Kier alpha value is -4.07. The molecule has 37 heavy (non-hydrogen) atoms. The van der Waals surface area contributed by atoms with Gasteiger partial charge in [0.1, 0.15) is 5.82 Å². The van der Waals surface area contributed by atoms with E-state index < -0.39 is 10.0 Å². The van der Waals surface area contributed by atoms with Crippen LogP contribution < -0.4 is 5.32 Å². The molecule has 0 saturated carbocycles. The number of anilines is 2. The molecule has 0 saturated heterocycles. The predicted molar refractivity (Wildman–Crippen MR) is 147 cm³/mol. The summed E-state index contributed by atoms with van der Waals surface area (Å²) in [5.74, 6) is 0.742. The standard InChI is InChI=1S/C30H26N4O2S/c1-21-10-12-22(13-11-21)26-7-3-5-9-29(26)37(35,36)34-17-15-27-24(20-34)14-16-31-30(27)33-25-18-23-6-2-4-8-28(23)32-19-25/h2-14,16,18-19H,15,17,20H2,1H3,(H,31,33). The molecule has 3 heterocycles. The summed E-state index contributed by atoms with van der Waals surface area (Å²) in [6.45, 7) is 2.70. The van der Waals surface area contributed by atoms with Crippen molar-refractivity contribution < 1.29 is 8.42 Å². The zero-order valence-electron chi connectivity index (χ0n) is 20.4. The fourth-order valence-corrected chi connectivity index (χ4v) is 6.49. The van der Waals surface area contributed by atoms with Crippen molar-refractivity contribution in [2.75, 3.05) is 11.9 Å². The van der Waals surface area contributed by atoms with Gasteiger partial charge >= 0.3 is 0 Å². The van der Waals surface area contributed by atoms with Gasteiger partial charge in [-0.1, -0.05) is 66.2 Å². The first-order valence-electron chi connectivity index (χ1n) is 12.2. The Morgan fingerprint density at radius 2 is 1.68 bits per heavy atom. The molecular weight excluding hydrogens is 480 g/mol. The highest BCUT2D eigenvalue weighted by atomic mass is 32.2. The second-order valence-corrected chi connectivity index (χ2v) is 11.2. The largest absolute Gasteiger partial charge is 0.339 e. The average Bonchev–Trinajstić information content (AvgIpc) is 2.93. The maximum absolute atomic E-state index is 13.8. The predicted octanol–water partition coefficient (Wildman–Crippen LogP) is 6.10. The number of benzene rings is 3. The zero-order chi connectivity index (χ0) is 25.4. The summed E-state index contributed by atoms with van der Waals surface area (Å²) < 4.78 is 29.3. The van der Waals surface area contributed by atoms with Gasteiger partial charge in [0.15, 0.2) is 0 Å². The van der Waals surface area contributed by atoms with Gasteiger partial charge in [-0.25, -0.2) is 13.4 Å². The monoisotopic (exact) mass is 506 g/mol. The molecule has 6 nitrogen and oxygen atoms in total. The maximum atomic E-state index is 13.8. The summed E-state index contributed by atoms with van der Waals surface area (Å²) in [5, 5.41) is 4.45. The number of pyridine rings is 2. The third-order valence-electron chi connectivity index (χ3n) is 6.83. The minimum Gasteiger partial charge on any atom is -0.339 e. The minimum atomic E-state index is -3.71. The molecule has 0 atom stereocenters. The van der Waals surface area contributed by atoms with Crippen LogP contribution in [0, 0.1) is 6.92 Å². The van der Waals surface area contributed by atoms with E-state index in [1.54, 1.807) is 28.8 Å². The molecule has 1 aliphatic heterocycles. The lowest BCUT2D eigenvalue weighted by molar-refractivity contribution is 0.391. The van der Waals surface area contributed by atoms with Crippen molar-refractivity contribution in [2.45, 2.75) is 24.8 Å². The Morgan fingerprint density at radius 3 is 2.54 bits per heavy atom. The molecule has 1 aliphatic rings. The van der Waals surface area contributed by atoms with Crippen LogP contribution in [0.25, 0.3) is 22.0 Å². The van der Waals surface area contributed by atoms with Crippen LogP contribution in [-0.2, 0) is 23.0 Å². The Bertz CT molecular complexity index is 1720. The van der Waals surface area contributed by atoms with Gasteiger partial charge in [-0.2, -0.15) is 4.31 Å². The van der Waals surface area contributed by atoms with Crippen LogP contribution in [0.15, 0.2) is 102 Å². The number of hydrogen-bond donors (Lipinski definition) is 1. The fraction of sp³-hybridized carbons (Fsp3) is 0.133. The maximum Gasteiger partial charge on any atom is 0.244 e. The SMILES string of the molecule is Cc1ccc(-c2ccccc2S(=O)(=O)N2CCc3c(ccnc3Nc3cnc4ccccc4c3)C2)cc1. The molecule has 5 aromatic rings. The molecule has 2 aromatic heterocycles. The summed E-state index contributed by atoms with van der Waals surface area (Å²) in [5.41, 5.74) is 6.51. The van der Waals surface area contributed by atoms with Gasteiger partial charge in [-0.3, -0.25) is 4.98 Å². The minimum absolute atomic E-state index is 0.299. The van der Waals surface area contributed by atoms with Gasteiger partial charge in [0, 0.05) is 35.8 Å². The first-order chi connectivity index (χ1) is 18.0. The molecule has 0 fully saturated rings. The molecule has 184 valence electrons. The van der Waals surface area contributed by atoms with E-state index >= 15 is 0 Å². The Labute approximate surface area is 216 Å². The van der Waals surface area contributed by atoms with Crippen LogP contribution in [0.2, 0.25) is 0 Å². The summed E-state index contributed by atoms with van der Waals surface area (Å²) in [4.78, 5) is 9.42. The van der Waals surface area contributed by atoms with Crippen LogP contribution in [0.1, 0.15) is 16.7 Å². The van der Waals surface area contributed by atoms with Gasteiger partial charge in [-0.15, -0.1) is 0 Å². The third-order valence-corrected chi connectivity index (χ3v) is 8.73. The highest BCUT2D eigenvalue weighted by Gasteiger charge is 2.31. The highest BCUT2D eigenvalue weighted by molar-refractivity contribution is 7.89. The molecule has 0 bridgehead atoms. The number of hydrogen-bond acceptors (Lipinski definition) is 5. The van der Waals surface area contributed by atoms with E-state index in [2.05, 4.69) is 15.3 Å². The molecule has 0 spiro atoms. The van der Waals surface area contributed by atoms with Crippen molar-refractivity contribution in [3.05, 3.63) is 114 Å². The lowest BCUT2D eigenvalue weighted by Crippen LogP contribution is -2.36. The smallest absolute Gasteiger partial charge is 0.244 e. The summed E-state index contributed by atoms with van der Waals surface area (Å²) in [6, 6.07) is 27.1. The van der Waals surface area contributed by atoms with Crippen molar-refractivity contribution in [3.63, 3.8) is 0 Å². The van der Waals surface area contributed by atoms with Gasteiger partial charge in [0.2, 0.25) is 10.0 Å². The Balaban J connectivity index is 1.29. The lowest BCUT2D eigenvalue weighted by Gasteiger charge is -2.29. The van der Waals surface area contributed by atoms with Crippen LogP contribution in [-0.4, -0.2) is 29.2 Å². The van der Waals surface area contributed by atoms with Crippen molar-refractivity contribution >= 4 is 32.4 Å². The number of nitrogens with zero attached hydrogens (tertiary/aromatic N) is 3. The van der Waals surface area contributed by atoms with Gasteiger partial charge < -0.3 is 5.32 Å². The van der Waals surface area contributed by atoms with E-state index in [1.165, 1.54) is 0 Å². The quantitative estimate of drug-likeness (QED) is 0.312. The zero-order valence-corrected chi connectivity index (χ0v) is 21.2. The Kier molecular flexibility index (Phi) is 5.94. The molecule has 0 radical (unpaired) electrons. The van der Waals surface area contributed by atoms with Crippen LogP contribution in [0.3, 0.4) is 0 Å². The number of fused-ring (bicyclic) bond motifs is 2. The average molecular weight is 507 g/mol. The van der Waals surface area contributed by atoms with E-state index in [-0.39, 0.29) is 0 Å². The lowest BCUT2D eigenvalue weighted by atomic mass is 10.0. The normalized spacial score (nSPS) is 13.9. The van der Waals surface area contributed by atoms with E-state index in [4.69, 9.17) is 0 Å². The number of nitrogens with one attached hydrogen (secondary N) is 1. The van der Waals surface area contributed by atoms with Crippen LogP contribution in [0.5, 0.6) is 0 Å². The molecule has 0 unspecified atom stereocenters. The topological polar surface area (TPSA) is 75.2 Å². The van der Waals surface area contributed by atoms with Crippen LogP contribution >= 0.6 is 0 Å². The van der Waals surface area contributed by atoms with Gasteiger partial charge in [-0.05, 0) is 48.7 Å². The molecule has 3 aromatic carbocycles. The number of rotatable bonds is 5. The summed E-state index contributed by atoms with van der Waals surface area (Å²) in [7, 11) is -3.71. The van der Waals surface area contributed by atoms with Crippen molar-refractivity contribution in [2.24, 2.45) is 0 Å². The van der Waals surface area contributed by atoms with E-state index in [9.17, 15) is 8.42 Å². The summed E-state index contributed by atoms with van der Waals surface area (Å²) in [6.07, 6.45) is 4.09. The first-order valence-corrected chi connectivity index (χ1v) is 13.7. The van der Waals surface area contributed by atoms with Crippen LogP contribution in [0.4, 0.5) is 11.5 Å². The molecule has 7 heteroatoms. The van der Waals surface area contributed by atoms with E-state index in [0.717, 1.165) is 44.7 Å². The second kappa shape index (κ2) is 9.42.